The van der Waals surface area contributed by atoms with Gasteiger partial charge in [0.25, 0.3) is 5.91 Å². The highest BCUT2D eigenvalue weighted by Gasteiger charge is 2.18. The van der Waals surface area contributed by atoms with Crippen molar-refractivity contribution in [1.82, 2.24) is 25.3 Å². The van der Waals surface area contributed by atoms with Crippen LogP contribution in [-0.2, 0) is 6.54 Å². The van der Waals surface area contributed by atoms with Crippen LogP contribution in [0.15, 0.2) is 48.5 Å². The Labute approximate surface area is 159 Å². The summed E-state index contributed by atoms with van der Waals surface area (Å²) in [4.78, 5) is 17.1. The van der Waals surface area contributed by atoms with Crippen molar-refractivity contribution < 1.29 is 9.53 Å². The lowest BCUT2D eigenvalue weighted by molar-refractivity contribution is 0.0945. The summed E-state index contributed by atoms with van der Waals surface area (Å²) in [5, 5.41) is 11.9. The molecule has 0 unspecified atom stereocenters. The Hall–Kier alpha value is -3.26. The minimum Gasteiger partial charge on any atom is -0.497 e. The number of amides is 1. The number of para-hydroxylation sites is 1. The zero-order chi connectivity index (χ0) is 18.8. The molecule has 7 nitrogen and oxygen atoms in total. The molecule has 4 aromatic rings. The molecular weight excluding hydrogens is 362 g/mol. The van der Waals surface area contributed by atoms with Crippen molar-refractivity contribution in [3.8, 4) is 11.4 Å². The monoisotopic (exact) mass is 379 g/mol. The highest BCUT2D eigenvalue weighted by atomic mass is 32.1. The van der Waals surface area contributed by atoms with Gasteiger partial charge in [-0.05, 0) is 31.2 Å². The molecule has 0 radical (unpaired) electrons. The summed E-state index contributed by atoms with van der Waals surface area (Å²) in [7, 11) is 1.61. The minimum atomic E-state index is -0.277. The van der Waals surface area contributed by atoms with Crippen LogP contribution in [0.4, 0.5) is 0 Å². The van der Waals surface area contributed by atoms with Gasteiger partial charge in [0.2, 0.25) is 0 Å². The van der Waals surface area contributed by atoms with E-state index in [1.807, 2.05) is 55.5 Å². The van der Waals surface area contributed by atoms with Gasteiger partial charge in [0.15, 0.2) is 5.69 Å². The topological polar surface area (TPSA) is 81.9 Å². The first-order valence-electron chi connectivity index (χ1n) is 8.35. The van der Waals surface area contributed by atoms with Crippen molar-refractivity contribution in [1.29, 1.82) is 0 Å². The van der Waals surface area contributed by atoms with Gasteiger partial charge in [0, 0.05) is 6.07 Å². The Morgan fingerprint density at radius 2 is 2.07 bits per heavy atom. The molecule has 8 heteroatoms. The van der Waals surface area contributed by atoms with E-state index < -0.39 is 0 Å². The van der Waals surface area contributed by atoms with E-state index in [1.165, 1.54) is 0 Å². The molecule has 0 fully saturated rings. The van der Waals surface area contributed by atoms with Crippen LogP contribution >= 0.6 is 11.3 Å². The van der Waals surface area contributed by atoms with Gasteiger partial charge < -0.3 is 10.1 Å². The maximum Gasteiger partial charge on any atom is 0.274 e. The minimum absolute atomic E-state index is 0.277. The van der Waals surface area contributed by atoms with Crippen LogP contribution in [0.3, 0.4) is 0 Å². The van der Waals surface area contributed by atoms with Crippen LogP contribution in [-0.4, -0.2) is 33.0 Å². The van der Waals surface area contributed by atoms with E-state index in [9.17, 15) is 4.79 Å². The van der Waals surface area contributed by atoms with E-state index in [-0.39, 0.29) is 5.91 Å². The lowest BCUT2D eigenvalue weighted by atomic mass is 10.2. The number of benzene rings is 2. The lowest BCUT2D eigenvalue weighted by Gasteiger charge is -2.06. The molecule has 27 heavy (non-hydrogen) atoms. The number of nitrogens with one attached hydrogen (secondary N) is 1. The molecule has 2 aromatic heterocycles. The molecule has 2 heterocycles. The van der Waals surface area contributed by atoms with Crippen LogP contribution in [0, 0.1) is 6.92 Å². The number of thiazole rings is 1. The maximum atomic E-state index is 12.5. The largest absolute Gasteiger partial charge is 0.497 e. The highest BCUT2D eigenvalue weighted by Crippen LogP contribution is 2.21. The number of carbonyl (C=O) groups excluding carboxylic acids is 1. The first-order valence-corrected chi connectivity index (χ1v) is 9.17. The summed E-state index contributed by atoms with van der Waals surface area (Å²) in [6, 6.07) is 15.3. The van der Waals surface area contributed by atoms with E-state index in [0.29, 0.717) is 23.7 Å². The molecule has 0 aliphatic heterocycles. The predicted molar refractivity (Wildman–Crippen MR) is 103 cm³/mol. The van der Waals surface area contributed by atoms with Crippen molar-refractivity contribution in [3.05, 3.63) is 64.9 Å². The number of methoxy groups -OCH3 is 1. The van der Waals surface area contributed by atoms with E-state index in [4.69, 9.17) is 4.74 Å². The SMILES string of the molecule is COc1cccc(-n2nnc(C(=O)NCc3nc4ccccc4s3)c2C)c1. The van der Waals surface area contributed by atoms with Gasteiger partial charge in [0.1, 0.15) is 10.8 Å². The van der Waals surface area contributed by atoms with Gasteiger partial charge in [-0.2, -0.15) is 0 Å². The van der Waals surface area contributed by atoms with Crippen LogP contribution in [0.1, 0.15) is 21.2 Å². The summed E-state index contributed by atoms with van der Waals surface area (Å²) < 4.78 is 7.96. The molecule has 2 aromatic carbocycles. The number of carbonyl (C=O) groups is 1. The van der Waals surface area contributed by atoms with E-state index >= 15 is 0 Å². The number of fused-ring (bicyclic) bond motifs is 1. The van der Waals surface area contributed by atoms with Gasteiger partial charge in [-0.3, -0.25) is 4.79 Å². The average molecular weight is 379 g/mol. The fourth-order valence-corrected chi connectivity index (χ4v) is 3.67. The quantitative estimate of drug-likeness (QED) is 0.576. The number of rotatable bonds is 5. The van der Waals surface area contributed by atoms with Gasteiger partial charge >= 0.3 is 0 Å². The zero-order valence-corrected chi connectivity index (χ0v) is 15.7. The van der Waals surface area contributed by atoms with Crippen LogP contribution < -0.4 is 10.1 Å². The van der Waals surface area contributed by atoms with Gasteiger partial charge in [0.05, 0.1) is 35.3 Å². The Kier molecular flexibility index (Phi) is 4.55. The van der Waals surface area contributed by atoms with Gasteiger partial charge in [-0.15, -0.1) is 16.4 Å². The smallest absolute Gasteiger partial charge is 0.274 e. The maximum absolute atomic E-state index is 12.5. The first-order chi connectivity index (χ1) is 13.2. The Bertz CT molecular complexity index is 1090. The average Bonchev–Trinajstić information content (AvgIpc) is 3.29. The van der Waals surface area contributed by atoms with E-state index in [0.717, 1.165) is 20.9 Å². The number of nitrogens with zero attached hydrogens (tertiary/aromatic N) is 4. The normalized spacial score (nSPS) is 10.9. The Morgan fingerprint density at radius 3 is 2.89 bits per heavy atom. The molecule has 0 saturated heterocycles. The second-order valence-corrected chi connectivity index (χ2v) is 7.01. The highest BCUT2D eigenvalue weighted by molar-refractivity contribution is 7.18. The van der Waals surface area contributed by atoms with Gasteiger partial charge in [-0.1, -0.05) is 23.4 Å². The summed E-state index contributed by atoms with van der Waals surface area (Å²) in [6.07, 6.45) is 0. The zero-order valence-electron chi connectivity index (χ0n) is 14.8. The lowest BCUT2D eigenvalue weighted by Crippen LogP contribution is -2.24. The molecule has 0 atom stereocenters. The summed E-state index contributed by atoms with van der Waals surface area (Å²) >= 11 is 1.56. The molecule has 0 aliphatic rings. The molecule has 1 N–H and O–H groups in total. The number of hydrogen-bond acceptors (Lipinski definition) is 6. The fourth-order valence-electron chi connectivity index (χ4n) is 2.76. The summed E-state index contributed by atoms with van der Waals surface area (Å²) in [5.74, 6) is 0.435. The molecule has 0 spiro atoms. The molecular formula is C19H17N5O2S. The predicted octanol–water partition coefficient (Wildman–Crippen LogP) is 3.12. The second kappa shape index (κ2) is 7.16. The Morgan fingerprint density at radius 1 is 1.22 bits per heavy atom. The standard InChI is InChI=1S/C19H17N5O2S/c1-12-18(22-23-24(12)13-6-5-7-14(10-13)26-2)19(25)20-11-17-21-15-8-3-4-9-16(15)27-17/h3-10H,11H2,1-2H3,(H,20,25). The number of hydrogen-bond donors (Lipinski definition) is 1. The third-order valence-corrected chi connectivity index (χ3v) is 5.18. The molecule has 136 valence electrons. The van der Waals surface area contributed by atoms with Crippen molar-refractivity contribution in [2.75, 3.05) is 7.11 Å². The van der Waals surface area contributed by atoms with Crippen LogP contribution in [0.5, 0.6) is 5.75 Å². The number of ether oxygens (including phenoxy) is 1. The summed E-state index contributed by atoms with van der Waals surface area (Å²) in [5.41, 5.74) is 2.67. The first kappa shape index (κ1) is 17.2. The molecule has 0 aliphatic carbocycles. The van der Waals surface area contributed by atoms with Crippen molar-refractivity contribution in [2.24, 2.45) is 0 Å². The molecule has 4 rings (SSSR count). The third-order valence-electron chi connectivity index (χ3n) is 4.15. The van der Waals surface area contributed by atoms with Crippen molar-refractivity contribution >= 4 is 27.5 Å². The van der Waals surface area contributed by atoms with Gasteiger partial charge in [-0.25, -0.2) is 9.67 Å². The van der Waals surface area contributed by atoms with Crippen molar-refractivity contribution in [2.45, 2.75) is 13.5 Å². The Balaban J connectivity index is 1.51. The summed E-state index contributed by atoms with van der Waals surface area (Å²) in [6.45, 7) is 2.16. The fraction of sp³-hybridized carbons (Fsp3) is 0.158. The third kappa shape index (κ3) is 3.39. The number of aromatic nitrogens is 4. The molecule has 1 amide bonds. The second-order valence-electron chi connectivity index (χ2n) is 5.89. The van der Waals surface area contributed by atoms with Crippen LogP contribution in [0.25, 0.3) is 15.9 Å². The molecule has 0 bridgehead atoms. The van der Waals surface area contributed by atoms with E-state index in [1.54, 1.807) is 23.1 Å². The van der Waals surface area contributed by atoms with Crippen molar-refractivity contribution in [3.63, 3.8) is 0 Å². The van der Waals surface area contributed by atoms with E-state index in [2.05, 4.69) is 20.6 Å². The molecule has 0 saturated carbocycles. The van der Waals surface area contributed by atoms with Crippen LogP contribution in [0.2, 0.25) is 0 Å².